The summed E-state index contributed by atoms with van der Waals surface area (Å²) in [7, 11) is 0. The molecule has 1 aliphatic heterocycles. The van der Waals surface area contributed by atoms with Crippen LogP contribution in [-0.2, 0) is 14.3 Å². The maximum absolute atomic E-state index is 12.1. The molecule has 16 heavy (non-hydrogen) atoms. The van der Waals surface area contributed by atoms with E-state index in [1.807, 2.05) is 0 Å². The van der Waals surface area contributed by atoms with Crippen LogP contribution in [0, 0.1) is 5.41 Å². The Morgan fingerprint density at radius 1 is 1.25 bits per heavy atom. The second-order valence-electron chi connectivity index (χ2n) is 5.17. The van der Waals surface area contributed by atoms with Gasteiger partial charge in [0.05, 0.1) is 19.3 Å². The lowest BCUT2D eigenvalue weighted by Gasteiger charge is -2.42. The van der Waals surface area contributed by atoms with E-state index in [9.17, 15) is 9.90 Å². The Hall–Kier alpha value is -0.710. The van der Waals surface area contributed by atoms with Gasteiger partial charge < -0.3 is 14.6 Å². The van der Waals surface area contributed by atoms with Crippen molar-refractivity contribution in [2.45, 2.75) is 39.6 Å². The Balaban J connectivity index is 2.27. The maximum Gasteiger partial charge on any atom is 0.172 e. The predicted molar refractivity (Wildman–Crippen MR) is 57.8 cm³/mol. The molecule has 1 heterocycles. The molecule has 1 atom stereocenters. The average molecular weight is 226 g/mol. The van der Waals surface area contributed by atoms with Gasteiger partial charge in [-0.3, -0.25) is 4.79 Å². The van der Waals surface area contributed by atoms with Crippen molar-refractivity contribution >= 4 is 5.78 Å². The summed E-state index contributed by atoms with van der Waals surface area (Å²) in [4.78, 5) is 12.1. The molecule has 0 bridgehead atoms. The summed E-state index contributed by atoms with van der Waals surface area (Å²) in [6.45, 7) is 7.57. The number of hydrogen-bond acceptors (Lipinski definition) is 4. The van der Waals surface area contributed by atoms with E-state index in [1.165, 1.54) is 0 Å². The first kappa shape index (κ1) is 11.8. The van der Waals surface area contributed by atoms with Crippen molar-refractivity contribution in [2.75, 3.05) is 13.2 Å². The van der Waals surface area contributed by atoms with Crippen LogP contribution in [0.4, 0.5) is 0 Å². The van der Waals surface area contributed by atoms with E-state index in [1.54, 1.807) is 27.7 Å². The standard InChI is InChI=1S/C12H18O4/c1-7-8(2)10(14)12(9(7)13)5-15-11(3,4)16-6-12/h9,13H,5-6H2,1-4H3. The Kier molecular flexibility index (Phi) is 2.49. The van der Waals surface area contributed by atoms with Crippen LogP contribution < -0.4 is 0 Å². The number of aliphatic hydroxyl groups excluding tert-OH is 1. The molecule has 1 saturated heterocycles. The number of aliphatic hydroxyl groups is 1. The zero-order valence-electron chi connectivity index (χ0n) is 10.2. The van der Waals surface area contributed by atoms with E-state index in [-0.39, 0.29) is 19.0 Å². The van der Waals surface area contributed by atoms with Crippen LogP contribution in [-0.4, -0.2) is 36.0 Å². The van der Waals surface area contributed by atoms with Crippen molar-refractivity contribution in [1.82, 2.24) is 0 Å². The second-order valence-corrected chi connectivity index (χ2v) is 5.17. The average Bonchev–Trinajstić information content (AvgIpc) is 2.39. The SMILES string of the molecule is CC1=C(C)C(O)C2(COC(C)(C)OC2)C1=O. The van der Waals surface area contributed by atoms with Gasteiger partial charge in [-0.1, -0.05) is 0 Å². The fraction of sp³-hybridized carbons (Fsp3) is 0.750. The zero-order chi connectivity index (χ0) is 12.1. The van der Waals surface area contributed by atoms with Gasteiger partial charge in [0.15, 0.2) is 11.6 Å². The number of hydrogen-bond donors (Lipinski definition) is 1. The van der Waals surface area contributed by atoms with E-state index in [0.717, 1.165) is 5.57 Å². The minimum absolute atomic E-state index is 0.0481. The van der Waals surface area contributed by atoms with E-state index in [2.05, 4.69) is 0 Å². The Morgan fingerprint density at radius 2 is 1.75 bits per heavy atom. The van der Waals surface area contributed by atoms with E-state index >= 15 is 0 Å². The summed E-state index contributed by atoms with van der Waals surface area (Å²) >= 11 is 0. The van der Waals surface area contributed by atoms with Crippen molar-refractivity contribution < 1.29 is 19.4 Å². The molecule has 1 unspecified atom stereocenters. The normalized spacial score (nSPS) is 32.6. The smallest absolute Gasteiger partial charge is 0.172 e. The molecule has 1 fully saturated rings. The summed E-state index contributed by atoms with van der Waals surface area (Å²) in [6, 6.07) is 0. The van der Waals surface area contributed by atoms with Crippen molar-refractivity contribution in [2.24, 2.45) is 5.41 Å². The van der Waals surface area contributed by atoms with Crippen LogP contribution in [0.25, 0.3) is 0 Å². The minimum atomic E-state index is -0.913. The lowest BCUT2D eigenvalue weighted by molar-refractivity contribution is -0.287. The Morgan fingerprint density at radius 3 is 2.12 bits per heavy atom. The fourth-order valence-electron chi connectivity index (χ4n) is 2.27. The first-order chi connectivity index (χ1) is 7.30. The molecule has 2 aliphatic rings. The highest BCUT2D eigenvalue weighted by atomic mass is 16.7. The zero-order valence-corrected chi connectivity index (χ0v) is 10.2. The molecule has 0 aromatic heterocycles. The Bertz CT molecular complexity index is 357. The summed E-state index contributed by atoms with van der Waals surface area (Å²) in [5.74, 6) is -0.719. The second kappa shape index (κ2) is 3.39. The molecule has 1 spiro atoms. The van der Waals surface area contributed by atoms with Gasteiger partial charge in [0, 0.05) is 0 Å². The van der Waals surface area contributed by atoms with Crippen LogP contribution in [0.2, 0.25) is 0 Å². The van der Waals surface area contributed by atoms with E-state index in [0.29, 0.717) is 5.57 Å². The van der Waals surface area contributed by atoms with Crippen molar-refractivity contribution in [3.05, 3.63) is 11.1 Å². The van der Waals surface area contributed by atoms with Gasteiger partial charge in [0.1, 0.15) is 5.41 Å². The van der Waals surface area contributed by atoms with Crippen molar-refractivity contribution in [1.29, 1.82) is 0 Å². The van der Waals surface area contributed by atoms with Gasteiger partial charge in [-0.25, -0.2) is 0 Å². The minimum Gasteiger partial charge on any atom is -0.387 e. The van der Waals surface area contributed by atoms with Crippen LogP contribution in [0.3, 0.4) is 0 Å². The summed E-state index contributed by atoms with van der Waals surface area (Å²) in [5, 5.41) is 10.1. The first-order valence-electron chi connectivity index (χ1n) is 5.48. The number of carbonyl (C=O) groups is 1. The van der Waals surface area contributed by atoms with Crippen LogP contribution in [0.5, 0.6) is 0 Å². The van der Waals surface area contributed by atoms with Crippen LogP contribution in [0.15, 0.2) is 11.1 Å². The largest absolute Gasteiger partial charge is 0.387 e. The molecule has 0 amide bonds. The highest BCUT2D eigenvalue weighted by Gasteiger charge is 2.55. The summed E-state index contributed by atoms with van der Waals surface area (Å²) < 4.78 is 11.0. The first-order valence-corrected chi connectivity index (χ1v) is 5.48. The molecule has 0 radical (unpaired) electrons. The topological polar surface area (TPSA) is 55.8 Å². The monoisotopic (exact) mass is 226 g/mol. The van der Waals surface area contributed by atoms with E-state index in [4.69, 9.17) is 9.47 Å². The summed E-state index contributed by atoms with van der Waals surface area (Å²) in [5.41, 5.74) is 0.459. The van der Waals surface area contributed by atoms with Crippen molar-refractivity contribution in [3.63, 3.8) is 0 Å². The lowest BCUT2D eigenvalue weighted by Crippen LogP contribution is -2.54. The van der Waals surface area contributed by atoms with Gasteiger partial charge in [-0.2, -0.15) is 0 Å². The molecule has 1 aliphatic carbocycles. The van der Waals surface area contributed by atoms with Gasteiger partial charge in [-0.15, -0.1) is 0 Å². The third-order valence-electron chi connectivity index (χ3n) is 3.67. The quantitative estimate of drug-likeness (QED) is 0.670. The van der Waals surface area contributed by atoms with Crippen LogP contribution in [0.1, 0.15) is 27.7 Å². The molecular formula is C12H18O4. The molecular weight excluding hydrogens is 208 g/mol. The molecule has 0 aromatic carbocycles. The fourth-order valence-corrected chi connectivity index (χ4v) is 2.27. The van der Waals surface area contributed by atoms with Crippen molar-refractivity contribution in [3.8, 4) is 0 Å². The molecule has 1 N–H and O–H groups in total. The van der Waals surface area contributed by atoms with Crippen LogP contribution >= 0.6 is 0 Å². The number of ether oxygens (including phenoxy) is 2. The van der Waals surface area contributed by atoms with Gasteiger partial charge in [0.2, 0.25) is 0 Å². The molecule has 2 rings (SSSR count). The van der Waals surface area contributed by atoms with E-state index < -0.39 is 17.3 Å². The number of ketones is 1. The highest BCUT2D eigenvalue weighted by Crippen LogP contribution is 2.43. The Labute approximate surface area is 95.2 Å². The predicted octanol–water partition coefficient (Wildman–Crippen LogP) is 1.04. The number of Topliss-reactive ketones (excluding diaryl/α,β-unsaturated/α-hetero) is 1. The lowest BCUT2D eigenvalue weighted by atomic mass is 9.81. The molecule has 4 nitrogen and oxygen atoms in total. The number of carbonyl (C=O) groups excluding carboxylic acids is 1. The molecule has 90 valence electrons. The maximum atomic E-state index is 12.1. The summed E-state index contributed by atoms with van der Waals surface area (Å²) in [6.07, 6.45) is -0.781. The van der Waals surface area contributed by atoms with Gasteiger partial charge >= 0.3 is 0 Å². The third-order valence-corrected chi connectivity index (χ3v) is 3.67. The van der Waals surface area contributed by atoms with Gasteiger partial charge in [0.25, 0.3) is 0 Å². The highest BCUT2D eigenvalue weighted by molar-refractivity contribution is 6.04. The molecule has 0 saturated carbocycles. The third kappa shape index (κ3) is 1.44. The molecule has 0 aromatic rings. The molecule has 4 heteroatoms. The number of allylic oxidation sites excluding steroid dienone is 1. The van der Waals surface area contributed by atoms with Gasteiger partial charge in [-0.05, 0) is 38.8 Å². The number of rotatable bonds is 0.